The maximum absolute atomic E-state index is 13.0. The highest BCUT2D eigenvalue weighted by Gasteiger charge is 2.25. The number of piperidine rings is 1. The minimum absolute atomic E-state index is 0.183. The van der Waals surface area contributed by atoms with Crippen LogP contribution in [0.2, 0.25) is 0 Å². The van der Waals surface area contributed by atoms with Gasteiger partial charge in [0.1, 0.15) is 0 Å². The van der Waals surface area contributed by atoms with Gasteiger partial charge in [0.05, 0.1) is 15.0 Å². The second-order valence-corrected chi connectivity index (χ2v) is 7.78. The summed E-state index contributed by atoms with van der Waals surface area (Å²) in [5.41, 5.74) is 6.07. The number of nitrogens with one attached hydrogen (secondary N) is 1. The summed E-state index contributed by atoms with van der Waals surface area (Å²) < 4.78 is 2.61. The lowest BCUT2D eigenvalue weighted by Crippen LogP contribution is -2.45. The zero-order valence-electron chi connectivity index (χ0n) is 16.4. The highest BCUT2D eigenvalue weighted by Crippen LogP contribution is 2.28. The number of carbonyl (C=O) groups excluding carboxylic acids is 1. The molecular weight excluding hydrogens is 475 g/mol. The van der Waals surface area contributed by atoms with Crippen molar-refractivity contribution in [3.8, 4) is 5.69 Å². The molecule has 29 heavy (non-hydrogen) atoms. The van der Waals surface area contributed by atoms with Crippen LogP contribution >= 0.6 is 22.6 Å². The average Bonchev–Trinajstić information content (AvgIpc) is 3.09. The van der Waals surface area contributed by atoms with E-state index in [9.17, 15) is 4.79 Å². The van der Waals surface area contributed by atoms with E-state index in [1.54, 1.807) is 12.2 Å². The zero-order valence-corrected chi connectivity index (χ0v) is 18.5. The van der Waals surface area contributed by atoms with Gasteiger partial charge < -0.3 is 0 Å². The minimum Gasteiger partial charge on any atom is -0.283 e. The van der Waals surface area contributed by atoms with Crippen LogP contribution in [0.3, 0.4) is 0 Å². The fraction of sp³-hybridized carbons (Fsp3) is 0.217. The van der Waals surface area contributed by atoms with Crippen molar-refractivity contribution in [2.75, 3.05) is 13.1 Å². The summed E-state index contributed by atoms with van der Waals surface area (Å²) in [6.45, 7) is 9.33. The minimum atomic E-state index is -0.183. The fourth-order valence-corrected chi connectivity index (χ4v) is 4.16. The first-order valence-electron chi connectivity index (χ1n) is 9.67. The predicted molar refractivity (Wildman–Crippen MR) is 127 cm³/mol. The summed E-state index contributed by atoms with van der Waals surface area (Å²) in [6, 6.07) is 9.82. The van der Waals surface area contributed by atoms with E-state index in [0.29, 0.717) is 5.69 Å². The van der Waals surface area contributed by atoms with Crippen molar-refractivity contribution in [1.82, 2.24) is 20.2 Å². The molecule has 3 rings (SSSR count). The average molecular weight is 500 g/mol. The zero-order chi connectivity index (χ0) is 20.6. The molecule has 1 aliphatic heterocycles. The molecule has 1 aliphatic rings. The van der Waals surface area contributed by atoms with Gasteiger partial charge in [-0.05, 0) is 47.6 Å². The van der Waals surface area contributed by atoms with Gasteiger partial charge in [-0.3, -0.25) is 10.2 Å². The number of allylic oxidation sites excluding steroid dienone is 6. The second kappa shape index (κ2) is 10.4. The third kappa shape index (κ3) is 5.13. The molecule has 0 radical (unpaired) electrons. The molecule has 150 valence electrons. The second-order valence-electron chi connectivity index (χ2n) is 6.70. The molecule has 0 aliphatic carbocycles. The monoisotopic (exact) mass is 500 g/mol. The molecule has 2 heterocycles. The van der Waals surface area contributed by atoms with Crippen molar-refractivity contribution in [3.05, 3.63) is 88.8 Å². The SMILES string of the molecule is C=C/C=C\C(=C/C=C)c1c(I)c(C(=O)NN2CCCCC2)nn1-c1ccccc1. The van der Waals surface area contributed by atoms with Crippen molar-refractivity contribution >= 4 is 34.1 Å². The molecule has 0 saturated carbocycles. The number of hydrogen-bond acceptors (Lipinski definition) is 3. The van der Waals surface area contributed by atoms with E-state index in [1.807, 2.05) is 58.3 Å². The van der Waals surface area contributed by atoms with Crippen LogP contribution in [-0.4, -0.2) is 33.8 Å². The van der Waals surface area contributed by atoms with E-state index < -0.39 is 0 Å². The number of carbonyl (C=O) groups is 1. The molecule has 1 amide bonds. The van der Waals surface area contributed by atoms with Crippen LogP contribution in [0.4, 0.5) is 0 Å². The van der Waals surface area contributed by atoms with Crippen LogP contribution in [0.25, 0.3) is 11.3 Å². The van der Waals surface area contributed by atoms with Gasteiger partial charge in [0.2, 0.25) is 0 Å². The van der Waals surface area contributed by atoms with Crippen molar-refractivity contribution in [3.63, 3.8) is 0 Å². The number of hydrogen-bond donors (Lipinski definition) is 1. The lowest BCUT2D eigenvalue weighted by molar-refractivity contribution is 0.0743. The molecule has 6 heteroatoms. The molecule has 1 aromatic heterocycles. The van der Waals surface area contributed by atoms with Gasteiger partial charge in [-0.15, -0.1) is 0 Å². The lowest BCUT2D eigenvalue weighted by atomic mass is 10.1. The van der Waals surface area contributed by atoms with Gasteiger partial charge in [0, 0.05) is 18.7 Å². The van der Waals surface area contributed by atoms with Crippen molar-refractivity contribution in [2.24, 2.45) is 0 Å². The number of rotatable bonds is 7. The number of amides is 1. The summed E-state index contributed by atoms with van der Waals surface area (Å²) in [5, 5.41) is 6.68. The number of benzene rings is 1. The molecule has 0 spiro atoms. The van der Waals surface area contributed by atoms with E-state index in [-0.39, 0.29) is 5.91 Å². The molecular formula is C23H25IN4O. The summed E-state index contributed by atoms with van der Waals surface area (Å²) >= 11 is 2.21. The van der Waals surface area contributed by atoms with E-state index in [1.165, 1.54) is 6.42 Å². The Balaban J connectivity index is 2.06. The molecule has 1 fully saturated rings. The van der Waals surface area contributed by atoms with Gasteiger partial charge in [0.25, 0.3) is 5.91 Å². The lowest BCUT2D eigenvalue weighted by Gasteiger charge is -2.26. The summed E-state index contributed by atoms with van der Waals surface area (Å²) in [4.78, 5) is 13.0. The maximum atomic E-state index is 13.0. The molecule has 0 bridgehead atoms. The molecule has 5 nitrogen and oxygen atoms in total. The Morgan fingerprint density at radius 3 is 2.48 bits per heavy atom. The van der Waals surface area contributed by atoms with Crippen molar-refractivity contribution in [1.29, 1.82) is 0 Å². The molecule has 1 aromatic carbocycles. The number of nitrogens with zero attached hydrogens (tertiary/aromatic N) is 3. The molecule has 1 saturated heterocycles. The van der Waals surface area contributed by atoms with Crippen LogP contribution in [0.15, 0.2) is 73.9 Å². The van der Waals surface area contributed by atoms with Gasteiger partial charge in [-0.2, -0.15) is 5.10 Å². The van der Waals surface area contributed by atoms with E-state index in [2.05, 4.69) is 41.2 Å². The summed E-state index contributed by atoms with van der Waals surface area (Å²) in [5.74, 6) is -0.183. The predicted octanol–water partition coefficient (Wildman–Crippen LogP) is 4.92. The smallest absolute Gasteiger partial charge is 0.283 e. The van der Waals surface area contributed by atoms with E-state index >= 15 is 0 Å². The third-order valence-corrected chi connectivity index (χ3v) is 5.66. The first kappa shape index (κ1) is 21.3. The molecule has 2 aromatic rings. The number of para-hydroxylation sites is 1. The number of aromatic nitrogens is 2. The fourth-order valence-electron chi connectivity index (χ4n) is 3.26. The highest BCUT2D eigenvalue weighted by atomic mass is 127. The Morgan fingerprint density at radius 1 is 1.10 bits per heavy atom. The molecule has 1 N–H and O–H groups in total. The van der Waals surface area contributed by atoms with Crippen molar-refractivity contribution < 1.29 is 4.79 Å². The first-order chi connectivity index (χ1) is 14.2. The Kier molecular flexibility index (Phi) is 7.60. The topological polar surface area (TPSA) is 50.2 Å². The highest BCUT2D eigenvalue weighted by molar-refractivity contribution is 14.1. The Morgan fingerprint density at radius 2 is 1.83 bits per heavy atom. The first-order valence-corrected chi connectivity index (χ1v) is 10.8. The Bertz CT molecular complexity index is 937. The Labute approximate surface area is 185 Å². The van der Waals surface area contributed by atoms with Gasteiger partial charge in [0.15, 0.2) is 5.69 Å². The quantitative estimate of drug-likeness (QED) is 0.434. The van der Waals surface area contributed by atoms with Gasteiger partial charge in [-0.1, -0.05) is 68.2 Å². The van der Waals surface area contributed by atoms with Crippen LogP contribution < -0.4 is 5.43 Å². The maximum Gasteiger partial charge on any atom is 0.287 e. The largest absolute Gasteiger partial charge is 0.287 e. The van der Waals surface area contributed by atoms with Gasteiger partial charge >= 0.3 is 0 Å². The van der Waals surface area contributed by atoms with Crippen molar-refractivity contribution in [2.45, 2.75) is 19.3 Å². The van der Waals surface area contributed by atoms with E-state index in [4.69, 9.17) is 5.10 Å². The van der Waals surface area contributed by atoms with Gasteiger partial charge in [-0.25, -0.2) is 9.69 Å². The number of halogens is 1. The molecule has 0 atom stereocenters. The standard InChI is InChI=1S/C23H25IN4O/c1-3-5-13-18(12-4-2)22-20(24)21(23(29)26-27-16-10-7-11-17-27)25-28(22)19-14-8-6-9-15-19/h3-6,8-9,12-15H,1-2,7,10-11,16-17H2,(H,26,29)/b13-5-,18-12+. The van der Waals surface area contributed by atoms with E-state index in [0.717, 1.165) is 46.5 Å². The van der Waals surface area contributed by atoms with Crippen LogP contribution in [-0.2, 0) is 0 Å². The summed E-state index contributed by atoms with van der Waals surface area (Å²) in [6.07, 6.45) is 12.6. The van der Waals surface area contributed by atoms with Crippen LogP contribution in [0.5, 0.6) is 0 Å². The third-order valence-electron chi connectivity index (χ3n) is 4.64. The Hall–Kier alpha value is -2.45. The van der Waals surface area contributed by atoms with Crippen LogP contribution in [0, 0.1) is 3.57 Å². The number of hydrazine groups is 1. The summed E-state index contributed by atoms with van der Waals surface area (Å²) in [7, 11) is 0. The normalized spacial score (nSPS) is 15.4. The van der Waals surface area contributed by atoms with Crippen LogP contribution in [0.1, 0.15) is 35.4 Å². The molecule has 0 unspecified atom stereocenters.